The SMILES string of the molecule is CCCc1nc(C(=O)NCC(=O)N(C)C)n[nH]1. The van der Waals surface area contributed by atoms with Gasteiger partial charge in [0.25, 0.3) is 5.91 Å². The topological polar surface area (TPSA) is 91.0 Å². The van der Waals surface area contributed by atoms with E-state index in [1.807, 2.05) is 6.92 Å². The Morgan fingerprint density at radius 2 is 2.12 bits per heavy atom. The van der Waals surface area contributed by atoms with Gasteiger partial charge in [-0.2, -0.15) is 0 Å². The zero-order valence-corrected chi connectivity index (χ0v) is 10.3. The largest absolute Gasteiger partial charge is 0.347 e. The van der Waals surface area contributed by atoms with Crippen molar-refractivity contribution in [2.75, 3.05) is 20.6 Å². The molecule has 0 aliphatic carbocycles. The number of carbonyl (C=O) groups excluding carboxylic acids is 2. The Morgan fingerprint density at radius 3 is 2.71 bits per heavy atom. The highest BCUT2D eigenvalue weighted by Gasteiger charge is 2.13. The number of carbonyl (C=O) groups is 2. The Labute approximate surface area is 99.6 Å². The van der Waals surface area contributed by atoms with Crippen LogP contribution in [0, 0.1) is 0 Å². The summed E-state index contributed by atoms with van der Waals surface area (Å²) in [4.78, 5) is 28.2. The van der Waals surface area contributed by atoms with Gasteiger partial charge in [-0.05, 0) is 6.42 Å². The lowest BCUT2D eigenvalue weighted by Crippen LogP contribution is -2.36. The number of H-pyrrole nitrogens is 1. The highest BCUT2D eigenvalue weighted by Crippen LogP contribution is 1.96. The Bertz CT molecular complexity index is 399. The van der Waals surface area contributed by atoms with Crippen LogP contribution in [-0.4, -0.2) is 52.5 Å². The molecule has 0 fully saturated rings. The Hall–Kier alpha value is -1.92. The molecule has 0 spiro atoms. The average molecular weight is 239 g/mol. The van der Waals surface area contributed by atoms with Crippen molar-refractivity contribution in [1.82, 2.24) is 25.4 Å². The molecule has 7 heteroatoms. The molecule has 0 saturated carbocycles. The van der Waals surface area contributed by atoms with Crippen LogP contribution >= 0.6 is 0 Å². The zero-order valence-electron chi connectivity index (χ0n) is 10.3. The summed E-state index contributed by atoms with van der Waals surface area (Å²) in [5.41, 5.74) is 0. The third-order valence-electron chi connectivity index (χ3n) is 2.12. The predicted molar refractivity (Wildman–Crippen MR) is 61.4 cm³/mol. The molecule has 2 N–H and O–H groups in total. The van der Waals surface area contributed by atoms with Crippen LogP contribution in [0.3, 0.4) is 0 Å². The molecule has 0 radical (unpaired) electrons. The summed E-state index contributed by atoms with van der Waals surface area (Å²) in [6.45, 7) is 1.96. The molecule has 1 rings (SSSR count). The molecular weight excluding hydrogens is 222 g/mol. The van der Waals surface area contributed by atoms with Crippen molar-refractivity contribution in [2.45, 2.75) is 19.8 Å². The van der Waals surface area contributed by atoms with Gasteiger partial charge in [0.15, 0.2) is 0 Å². The highest BCUT2D eigenvalue weighted by atomic mass is 16.2. The summed E-state index contributed by atoms with van der Waals surface area (Å²) in [6.07, 6.45) is 1.67. The fourth-order valence-corrected chi connectivity index (χ4v) is 1.14. The molecule has 2 amide bonds. The third-order valence-corrected chi connectivity index (χ3v) is 2.12. The average Bonchev–Trinajstić information content (AvgIpc) is 2.74. The first-order valence-corrected chi connectivity index (χ1v) is 5.44. The smallest absolute Gasteiger partial charge is 0.291 e. The number of hydrogen-bond donors (Lipinski definition) is 2. The summed E-state index contributed by atoms with van der Waals surface area (Å²) in [6, 6.07) is 0. The van der Waals surface area contributed by atoms with E-state index in [4.69, 9.17) is 0 Å². The molecule has 1 heterocycles. The first-order chi connectivity index (χ1) is 8.04. The Balaban J connectivity index is 2.49. The van der Waals surface area contributed by atoms with Gasteiger partial charge in [-0.15, -0.1) is 5.10 Å². The maximum atomic E-state index is 11.6. The van der Waals surface area contributed by atoms with Crippen LogP contribution in [0.25, 0.3) is 0 Å². The van der Waals surface area contributed by atoms with Crippen molar-refractivity contribution < 1.29 is 9.59 Å². The lowest BCUT2D eigenvalue weighted by Gasteiger charge is -2.09. The van der Waals surface area contributed by atoms with E-state index in [9.17, 15) is 9.59 Å². The van der Waals surface area contributed by atoms with Gasteiger partial charge in [0.05, 0.1) is 6.54 Å². The lowest BCUT2D eigenvalue weighted by molar-refractivity contribution is -0.127. The van der Waals surface area contributed by atoms with Crippen LogP contribution in [0.1, 0.15) is 29.8 Å². The summed E-state index contributed by atoms with van der Waals surface area (Å²) < 4.78 is 0. The van der Waals surface area contributed by atoms with Crippen molar-refractivity contribution in [2.24, 2.45) is 0 Å². The number of hydrogen-bond acceptors (Lipinski definition) is 4. The van der Waals surface area contributed by atoms with Gasteiger partial charge in [0.2, 0.25) is 11.7 Å². The second kappa shape index (κ2) is 5.97. The van der Waals surface area contributed by atoms with E-state index < -0.39 is 5.91 Å². The molecule has 1 aromatic heterocycles. The molecule has 7 nitrogen and oxygen atoms in total. The second-order valence-electron chi connectivity index (χ2n) is 3.83. The minimum atomic E-state index is -0.446. The molecular formula is C10H17N5O2. The maximum Gasteiger partial charge on any atom is 0.291 e. The second-order valence-corrected chi connectivity index (χ2v) is 3.83. The van der Waals surface area contributed by atoms with E-state index in [0.717, 1.165) is 12.8 Å². The number of rotatable bonds is 5. The molecule has 0 aromatic carbocycles. The number of aromatic nitrogens is 3. The van der Waals surface area contributed by atoms with Crippen LogP contribution in [-0.2, 0) is 11.2 Å². The van der Waals surface area contributed by atoms with Crippen LogP contribution in [0.5, 0.6) is 0 Å². The van der Waals surface area contributed by atoms with E-state index in [-0.39, 0.29) is 18.3 Å². The van der Waals surface area contributed by atoms with Crippen LogP contribution in [0.2, 0.25) is 0 Å². The van der Waals surface area contributed by atoms with E-state index in [0.29, 0.717) is 5.82 Å². The fourth-order valence-electron chi connectivity index (χ4n) is 1.14. The van der Waals surface area contributed by atoms with Crippen molar-refractivity contribution >= 4 is 11.8 Å². The molecule has 1 aromatic rings. The van der Waals surface area contributed by atoms with Gasteiger partial charge in [0.1, 0.15) is 5.82 Å². The standard InChI is InChI=1S/C10H17N5O2/c1-4-5-7-12-9(14-13-7)10(17)11-6-8(16)15(2)3/h4-6H2,1-3H3,(H,11,17)(H,12,13,14). The van der Waals surface area contributed by atoms with Gasteiger partial charge < -0.3 is 10.2 Å². The number of amides is 2. The first kappa shape index (κ1) is 13.1. The molecule has 94 valence electrons. The molecule has 0 aliphatic rings. The lowest BCUT2D eigenvalue weighted by atomic mass is 10.3. The molecule has 0 unspecified atom stereocenters. The van der Waals surface area contributed by atoms with E-state index in [1.165, 1.54) is 4.90 Å². The van der Waals surface area contributed by atoms with Crippen molar-refractivity contribution in [3.63, 3.8) is 0 Å². The summed E-state index contributed by atoms with van der Waals surface area (Å²) in [7, 11) is 3.25. The monoisotopic (exact) mass is 239 g/mol. The van der Waals surface area contributed by atoms with Gasteiger partial charge in [-0.25, -0.2) is 4.98 Å². The molecule has 0 saturated heterocycles. The fraction of sp³-hybridized carbons (Fsp3) is 0.600. The van der Waals surface area contributed by atoms with Crippen LogP contribution in [0.15, 0.2) is 0 Å². The first-order valence-electron chi connectivity index (χ1n) is 5.44. The number of aromatic amines is 1. The number of nitrogens with one attached hydrogen (secondary N) is 2. The minimum Gasteiger partial charge on any atom is -0.347 e. The number of likely N-dealkylation sites (N-methyl/N-ethyl adjacent to an activating group) is 1. The third kappa shape index (κ3) is 3.86. The Morgan fingerprint density at radius 1 is 1.41 bits per heavy atom. The van der Waals surface area contributed by atoms with Crippen LogP contribution in [0.4, 0.5) is 0 Å². The molecule has 17 heavy (non-hydrogen) atoms. The van der Waals surface area contributed by atoms with Gasteiger partial charge >= 0.3 is 0 Å². The van der Waals surface area contributed by atoms with E-state index >= 15 is 0 Å². The van der Waals surface area contributed by atoms with Gasteiger partial charge in [-0.3, -0.25) is 14.7 Å². The van der Waals surface area contributed by atoms with Crippen molar-refractivity contribution in [1.29, 1.82) is 0 Å². The molecule has 0 bridgehead atoms. The normalized spacial score (nSPS) is 10.1. The summed E-state index contributed by atoms with van der Waals surface area (Å²) >= 11 is 0. The molecule has 0 aliphatic heterocycles. The minimum absolute atomic E-state index is 0.0521. The zero-order chi connectivity index (χ0) is 12.8. The summed E-state index contributed by atoms with van der Waals surface area (Å²) in [5.74, 6) is 0.123. The van der Waals surface area contributed by atoms with E-state index in [2.05, 4.69) is 20.5 Å². The quantitative estimate of drug-likeness (QED) is 0.729. The van der Waals surface area contributed by atoms with Gasteiger partial charge in [-0.1, -0.05) is 6.92 Å². The highest BCUT2D eigenvalue weighted by molar-refractivity contribution is 5.93. The maximum absolute atomic E-state index is 11.6. The summed E-state index contributed by atoms with van der Waals surface area (Å²) in [5, 5.41) is 8.93. The molecule has 0 atom stereocenters. The predicted octanol–water partition coefficient (Wildman–Crippen LogP) is -0.425. The van der Waals surface area contributed by atoms with Crippen LogP contribution < -0.4 is 5.32 Å². The van der Waals surface area contributed by atoms with Gasteiger partial charge in [0, 0.05) is 20.5 Å². The Kier molecular flexibility index (Phi) is 4.62. The number of nitrogens with zero attached hydrogens (tertiary/aromatic N) is 3. The number of aryl methyl sites for hydroxylation is 1. The van der Waals surface area contributed by atoms with Crippen molar-refractivity contribution in [3.8, 4) is 0 Å². The van der Waals surface area contributed by atoms with E-state index in [1.54, 1.807) is 14.1 Å². The van der Waals surface area contributed by atoms with Crippen molar-refractivity contribution in [3.05, 3.63) is 11.6 Å².